The van der Waals surface area contributed by atoms with Gasteiger partial charge in [0.15, 0.2) is 0 Å². The van der Waals surface area contributed by atoms with Gasteiger partial charge in [0.2, 0.25) is 0 Å². The van der Waals surface area contributed by atoms with Crippen LogP contribution in [0.15, 0.2) is 18.2 Å². The fourth-order valence-corrected chi connectivity index (χ4v) is 1.37. The van der Waals surface area contributed by atoms with E-state index in [0.29, 0.717) is 6.42 Å². The number of benzene rings is 1. The molecule has 1 aromatic carbocycles. The number of ether oxygens (including phenoxy) is 1. The Morgan fingerprint density at radius 3 is 2.88 bits per heavy atom. The highest BCUT2D eigenvalue weighted by Crippen LogP contribution is 2.16. The van der Waals surface area contributed by atoms with Gasteiger partial charge in [0.05, 0.1) is 18.1 Å². The van der Waals surface area contributed by atoms with Crippen molar-refractivity contribution in [3.63, 3.8) is 0 Å². The van der Waals surface area contributed by atoms with Crippen LogP contribution in [0.3, 0.4) is 0 Å². The summed E-state index contributed by atoms with van der Waals surface area (Å²) in [6.45, 7) is 0.530. The predicted molar refractivity (Wildman–Crippen MR) is 59.7 cm³/mol. The number of hydrogen-bond acceptors (Lipinski definition) is 3. The molecule has 1 rings (SSSR count). The number of hydrogen-bond donors (Lipinski definition) is 1. The van der Waals surface area contributed by atoms with Crippen molar-refractivity contribution in [2.75, 3.05) is 13.2 Å². The van der Waals surface area contributed by atoms with E-state index in [4.69, 9.17) is 22.1 Å². The monoisotopic (exact) mass is 245 g/mol. The lowest BCUT2D eigenvalue weighted by Crippen LogP contribution is -2.12. The first-order valence-electron chi connectivity index (χ1n) is 4.93. The fraction of sp³-hybridized carbons (Fsp3) is 0.364. The molecule has 0 atom stereocenters. The van der Waals surface area contributed by atoms with Crippen LogP contribution in [0.25, 0.3) is 0 Å². The third kappa shape index (κ3) is 4.16. The van der Waals surface area contributed by atoms with E-state index >= 15 is 0 Å². The molecule has 0 fully saturated rings. The van der Waals surface area contributed by atoms with E-state index in [0.717, 1.165) is 5.56 Å². The number of carbonyl (C=O) groups excluding carboxylic acids is 1. The van der Waals surface area contributed by atoms with E-state index in [9.17, 15) is 9.18 Å². The maximum absolute atomic E-state index is 12.8. The number of halogens is 2. The van der Waals surface area contributed by atoms with E-state index < -0.39 is 5.82 Å². The van der Waals surface area contributed by atoms with Gasteiger partial charge in [-0.25, -0.2) is 4.39 Å². The molecule has 88 valence electrons. The summed E-state index contributed by atoms with van der Waals surface area (Å²) in [6, 6.07) is 4.42. The molecule has 0 spiro atoms. The lowest BCUT2D eigenvalue weighted by molar-refractivity contribution is -0.143. The van der Waals surface area contributed by atoms with Crippen LogP contribution >= 0.6 is 11.6 Å². The summed E-state index contributed by atoms with van der Waals surface area (Å²) < 4.78 is 17.7. The SMILES string of the molecule is NCCC(=O)OCCc1ccc(F)c(Cl)c1. The van der Waals surface area contributed by atoms with Gasteiger partial charge in [0.1, 0.15) is 5.82 Å². The molecule has 16 heavy (non-hydrogen) atoms. The summed E-state index contributed by atoms with van der Waals surface area (Å²) in [5, 5.41) is 0.0748. The zero-order valence-corrected chi connectivity index (χ0v) is 9.47. The molecule has 3 nitrogen and oxygen atoms in total. The first kappa shape index (κ1) is 12.9. The molecule has 0 saturated heterocycles. The zero-order valence-electron chi connectivity index (χ0n) is 8.71. The first-order chi connectivity index (χ1) is 7.63. The second kappa shape index (κ2) is 6.45. The van der Waals surface area contributed by atoms with Crippen molar-refractivity contribution in [3.8, 4) is 0 Å². The van der Waals surface area contributed by atoms with Crippen LogP contribution in [-0.2, 0) is 16.0 Å². The molecule has 2 N–H and O–H groups in total. The van der Waals surface area contributed by atoms with Crippen LogP contribution in [0.2, 0.25) is 5.02 Å². The number of esters is 1. The van der Waals surface area contributed by atoms with E-state index in [-0.39, 0.29) is 30.6 Å². The van der Waals surface area contributed by atoms with E-state index in [1.165, 1.54) is 12.1 Å². The standard InChI is InChI=1S/C11H13ClFNO2/c12-9-7-8(1-2-10(9)13)4-6-16-11(15)3-5-14/h1-2,7H,3-6,14H2. The van der Waals surface area contributed by atoms with Crippen molar-refractivity contribution in [2.24, 2.45) is 5.73 Å². The van der Waals surface area contributed by atoms with Crippen LogP contribution in [0.4, 0.5) is 4.39 Å². The minimum atomic E-state index is -0.453. The number of nitrogens with two attached hydrogens (primary N) is 1. The second-order valence-electron chi connectivity index (χ2n) is 3.26. The van der Waals surface area contributed by atoms with Gasteiger partial charge in [0, 0.05) is 13.0 Å². The van der Waals surface area contributed by atoms with Gasteiger partial charge in [-0.1, -0.05) is 17.7 Å². The van der Waals surface area contributed by atoms with Crippen molar-refractivity contribution in [1.82, 2.24) is 0 Å². The van der Waals surface area contributed by atoms with Crippen LogP contribution in [-0.4, -0.2) is 19.1 Å². The molecular formula is C11H13ClFNO2. The maximum atomic E-state index is 12.8. The predicted octanol–water partition coefficient (Wildman–Crippen LogP) is 1.91. The van der Waals surface area contributed by atoms with E-state index in [1.807, 2.05) is 0 Å². The van der Waals surface area contributed by atoms with Crippen LogP contribution < -0.4 is 5.73 Å². The maximum Gasteiger partial charge on any atom is 0.307 e. The summed E-state index contributed by atoms with van der Waals surface area (Å²) in [4.78, 5) is 11.0. The van der Waals surface area contributed by atoms with Gasteiger partial charge in [-0.05, 0) is 17.7 Å². The Labute approximate surface area is 98.3 Å². The number of carbonyl (C=O) groups is 1. The number of rotatable bonds is 5. The second-order valence-corrected chi connectivity index (χ2v) is 3.66. The van der Waals surface area contributed by atoms with Crippen molar-refractivity contribution >= 4 is 17.6 Å². The summed E-state index contributed by atoms with van der Waals surface area (Å²) in [5.41, 5.74) is 6.01. The largest absolute Gasteiger partial charge is 0.465 e. The van der Waals surface area contributed by atoms with E-state index in [1.54, 1.807) is 6.07 Å². The lowest BCUT2D eigenvalue weighted by atomic mass is 10.1. The molecule has 1 aromatic rings. The fourth-order valence-electron chi connectivity index (χ4n) is 1.17. The smallest absolute Gasteiger partial charge is 0.307 e. The Kier molecular flexibility index (Phi) is 5.22. The molecule has 0 unspecified atom stereocenters. The highest BCUT2D eigenvalue weighted by molar-refractivity contribution is 6.30. The van der Waals surface area contributed by atoms with Crippen LogP contribution in [0.1, 0.15) is 12.0 Å². The van der Waals surface area contributed by atoms with Crippen LogP contribution in [0, 0.1) is 5.82 Å². The third-order valence-corrected chi connectivity index (χ3v) is 2.28. The molecule has 0 amide bonds. The average molecular weight is 246 g/mol. The Morgan fingerprint density at radius 2 is 2.25 bits per heavy atom. The molecular weight excluding hydrogens is 233 g/mol. The quantitative estimate of drug-likeness (QED) is 0.807. The van der Waals surface area contributed by atoms with E-state index in [2.05, 4.69) is 0 Å². The minimum Gasteiger partial charge on any atom is -0.465 e. The molecule has 0 aliphatic rings. The highest BCUT2D eigenvalue weighted by Gasteiger charge is 2.03. The molecule has 0 bridgehead atoms. The zero-order chi connectivity index (χ0) is 12.0. The summed E-state index contributed by atoms with van der Waals surface area (Å²) >= 11 is 5.61. The topological polar surface area (TPSA) is 52.3 Å². The van der Waals surface area contributed by atoms with Gasteiger partial charge >= 0.3 is 5.97 Å². The third-order valence-electron chi connectivity index (χ3n) is 1.99. The van der Waals surface area contributed by atoms with Gasteiger partial charge in [-0.2, -0.15) is 0 Å². The summed E-state index contributed by atoms with van der Waals surface area (Å²) in [7, 11) is 0. The van der Waals surface area contributed by atoms with Gasteiger partial charge in [-0.15, -0.1) is 0 Å². The van der Waals surface area contributed by atoms with Gasteiger partial charge in [-0.3, -0.25) is 4.79 Å². The lowest BCUT2D eigenvalue weighted by Gasteiger charge is -2.04. The molecule has 0 heterocycles. The Hall–Kier alpha value is -1.13. The summed E-state index contributed by atoms with van der Waals surface area (Å²) in [6.07, 6.45) is 0.723. The molecule has 0 radical (unpaired) electrons. The van der Waals surface area contributed by atoms with Crippen molar-refractivity contribution in [2.45, 2.75) is 12.8 Å². The molecule has 0 aliphatic carbocycles. The Balaban J connectivity index is 2.37. The van der Waals surface area contributed by atoms with Gasteiger partial charge < -0.3 is 10.5 Å². The molecule has 0 aliphatic heterocycles. The Bertz CT molecular complexity index is 371. The molecule has 0 saturated carbocycles. The average Bonchev–Trinajstić information content (AvgIpc) is 2.24. The van der Waals surface area contributed by atoms with Gasteiger partial charge in [0.25, 0.3) is 0 Å². The van der Waals surface area contributed by atoms with Crippen molar-refractivity contribution in [3.05, 3.63) is 34.6 Å². The Morgan fingerprint density at radius 1 is 1.50 bits per heavy atom. The van der Waals surface area contributed by atoms with Crippen molar-refractivity contribution in [1.29, 1.82) is 0 Å². The first-order valence-corrected chi connectivity index (χ1v) is 5.31. The normalized spacial score (nSPS) is 10.2. The molecule has 5 heteroatoms. The minimum absolute atomic E-state index is 0.0748. The highest BCUT2D eigenvalue weighted by atomic mass is 35.5. The summed E-state index contributed by atoms with van der Waals surface area (Å²) in [5.74, 6) is -0.777. The van der Waals surface area contributed by atoms with Crippen molar-refractivity contribution < 1.29 is 13.9 Å². The molecule has 0 aromatic heterocycles. The van der Waals surface area contributed by atoms with Crippen LogP contribution in [0.5, 0.6) is 0 Å².